The third-order valence-electron chi connectivity index (χ3n) is 4.14. The minimum absolute atomic E-state index is 0.0277. The second-order valence-electron chi connectivity index (χ2n) is 5.72. The van der Waals surface area contributed by atoms with Crippen LogP contribution < -0.4 is 10.2 Å². The Morgan fingerprint density at radius 3 is 2.86 bits per heavy atom. The lowest BCUT2D eigenvalue weighted by Crippen LogP contribution is -2.29. The summed E-state index contributed by atoms with van der Waals surface area (Å²) in [5, 5.41) is 3.36. The Morgan fingerprint density at radius 2 is 2.14 bits per heavy atom. The fraction of sp³-hybridized carbons (Fsp3) is 0.333. The van der Waals surface area contributed by atoms with E-state index in [0.29, 0.717) is 11.7 Å². The van der Waals surface area contributed by atoms with Crippen LogP contribution in [0.4, 0.5) is 11.4 Å². The highest BCUT2D eigenvalue weighted by Gasteiger charge is 2.25. The van der Waals surface area contributed by atoms with Crippen LogP contribution in [0, 0.1) is 0 Å². The summed E-state index contributed by atoms with van der Waals surface area (Å²) >= 11 is 0. The van der Waals surface area contributed by atoms with E-state index in [1.54, 1.807) is 12.3 Å². The summed E-state index contributed by atoms with van der Waals surface area (Å²) in [6.07, 6.45) is 3.70. The van der Waals surface area contributed by atoms with Crippen molar-refractivity contribution in [1.29, 1.82) is 0 Å². The van der Waals surface area contributed by atoms with Crippen molar-refractivity contribution in [3.63, 3.8) is 0 Å². The Balaban J connectivity index is 1.76. The van der Waals surface area contributed by atoms with Crippen molar-refractivity contribution in [2.75, 3.05) is 16.8 Å². The van der Waals surface area contributed by atoms with E-state index in [1.165, 1.54) is 5.56 Å². The molecule has 1 amide bonds. The molecule has 1 aromatic heterocycles. The van der Waals surface area contributed by atoms with Gasteiger partial charge in [-0.15, -0.1) is 0 Å². The van der Waals surface area contributed by atoms with Gasteiger partial charge < -0.3 is 10.2 Å². The average molecular weight is 295 g/mol. The third kappa shape index (κ3) is 2.82. The van der Waals surface area contributed by atoms with E-state index >= 15 is 0 Å². The zero-order valence-electron chi connectivity index (χ0n) is 13.0. The fourth-order valence-electron chi connectivity index (χ4n) is 2.68. The molecule has 4 nitrogen and oxygen atoms in total. The number of hydrogen-bond donors (Lipinski definition) is 1. The van der Waals surface area contributed by atoms with Crippen LogP contribution in [-0.4, -0.2) is 23.5 Å². The van der Waals surface area contributed by atoms with Crippen LogP contribution in [0.15, 0.2) is 42.6 Å². The van der Waals surface area contributed by atoms with Crippen LogP contribution in [0.2, 0.25) is 0 Å². The Labute approximate surface area is 131 Å². The molecule has 0 saturated carbocycles. The maximum absolute atomic E-state index is 12.6. The van der Waals surface area contributed by atoms with Crippen molar-refractivity contribution >= 4 is 17.3 Å². The van der Waals surface area contributed by atoms with Gasteiger partial charge in [0.15, 0.2) is 0 Å². The highest BCUT2D eigenvalue weighted by Crippen LogP contribution is 2.28. The Bertz CT molecular complexity index is 666. The summed E-state index contributed by atoms with van der Waals surface area (Å²) in [5.74, 6) is -0.0277. The lowest BCUT2D eigenvalue weighted by molar-refractivity contribution is 0.0984. The third-order valence-corrected chi connectivity index (χ3v) is 4.14. The number of pyridine rings is 1. The maximum atomic E-state index is 12.6. The Morgan fingerprint density at radius 1 is 1.32 bits per heavy atom. The van der Waals surface area contributed by atoms with E-state index in [1.807, 2.05) is 29.2 Å². The molecule has 1 atom stereocenters. The molecule has 1 aliphatic rings. The summed E-state index contributed by atoms with van der Waals surface area (Å²) in [6.45, 7) is 4.99. The van der Waals surface area contributed by atoms with E-state index in [0.717, 1.165) is 30.8 Å². The second-order valence-corrected chi connectivity index (χ2v) is 5.72. The number of rotatable bonds is 4. The van der Waals surface area contributed by atoms with E-state index in [4.69, 9.17) is 0 Å². The molecule has 0 radical (unpaired) electrons. The molecular formula is C18H21N3O. The number of hydrogen-bond acceptors (Lipinski definition) is 3. The van der Waals surface area contributed by atoms with Gasteiger partial charge in [-0.3, -0.25) is 4.79 Å². The molecule has 4 heteroatoms. The zero-order chi connectivity index (χ0) is 15.5. The van der Waals surface area contributed by atoms with Crippen LogP contribution in [0.1, 0.15) is 36.3 Å². The van der Waals surface area contributed by atoms with E-state index in [2.05, 4.69) is 30.2 Å². The quantitative estimate of drug-likeness (QED) is 0.939. The molecule has 22 heavy (non-hydrogen) atoms. The number of nitrogens with zero attached hydrogens (tertiary/aromatic N) is 2. The smallest absolute Gasteiger partial charge is 0.276 e. The first-order valence-electron chi connectivity index (χ1n) is 7.81. The molecule has 114 valence electrons. The second kappa shape index (κ2) is 6.18. The summed E-state index contributed by atoms with van der Waals surface area (Å²) in [5.41, 5.74) is 3.68. The van der Waals surface area contributed by atoms with Gasteiger partial charge in [0, 0.05) is 18.3 Å². The van der Waals surface area contributed by atoms with E-state index in [-0.39, 0.29) is 5.91 Å². The predicted molar refractivity (Wildman–Crippen MR) is 89.4 cm³/mol. The van der Waals surface area contributed by atoms with Crippen molar-refractivity contribution in [3.8, 4) is 0 Å². The monoisotopic (exact) mass is 295 g/mol. The normalized spacial score (nSPS) is 14.5. The lowest BCUT2D eigenvalue weighted by atomic mass is 10.2. The van der Waals surface area contributed by atoms with E-state index in [9.17, 15) is 4.79 Å². The molecule has 3 rings (SSSR count). The van der Waals surface area contributed by atoms with Gasteiger partial charge in [-0.05, 0) is 43.5 Å². The van der Waals surface area contributed by atoms with Gasteiger partial charge in [0.05, 0.1) is 11.9 Å². The van der Waals surface area contributed by atoms with Crippen LogP contribution in [0.5, 0.6) is 0 Å². The van der Waals surface area contributed by atoms with E-state index < -0.39 is 0 Å². The predicted octanol–water partition coefficient (Wildman–Crippen LogP) is 3.49. The molecule has 1 aliphatic heterocycles. The molecule has 2 aromatic rings. The number of amides is 1. The molecule has 2 heterocycles. The molecule has 1 N–H and O–H groups in total. The summed E-state index contributed by atoms with van der Waals surface area (Å²) in [4.78, 5) is 18.8. The maximum Gasteiger partial charge on any atom is 0.276 e. The first kappa shape index (κ1) is 14.6. The Kier molecular flexibility index (Phi) is 4.09. The topological polar surface area (TPSA) is 45.2 Å². The Hall–Kier alpha value is -2.36. The lowest BCUT2D eigenvalue weighted by Gasteiger charge is -2.17. The summed E-state index contributed by atoms with van der Waals surface area (Å²) in [7, 11) is 0. The molecule has 0 fully saturated rings. The molecule has 0 saturated heterocycles. The fourth-order valence-corrected chi connectivity index (χ4v) is 2.68. The van der Waals surface area contributed by atoms with Gasteiger partial charge in [0.1, 0.15) is 5.69 Å². The van der Waals surface area contributed by atoms with Gasteiger partial charge in [0.2, 0.25) is 0 Å². The van der Waals surface area contributed by atoms with Crippen molar-refractivity contribution in [2.24, 2.45) is 0 Å². The number of benzene rings is 1. The van der Waals surface area contributed by atoms with Gasteiger partial charge in [-0.25, -0.2) is 4.98 Å². The number of nitrogens with one attached hydrogen (secondary N) is 1. The zero-order valence-corrected chi connectivity index (χ0v) is 13.0. The van der Waals surface area contributed by atoms with Crippen molar-refractivity contribution in [1.82, 2.24) is 4.98 Å². The van der Waals surface area contributed by atoms with Gasteiger partial charge in [-0.2, -0.15) is 0 Å². The molecule has 0 spiro atoms. The molecule has 1 aromatic carbocycles. The number of carbonyl (C=O) groups is 1. The first-order chi connectivity index (χ1) is 10.7. The van der Waals surface area contributed by atoms with Crippen LogP contribution in [0.25, 0.3) is 0 Å². The summed E-state index contributed by atoms with van der Waals surface area (Å²) < 4.78 is 0. The molecular weight excluding hydrogens is 274 g/mol. The van der Waals surface area contributed by atoms with Gasteiger partial charge in [-0.1, -0.05) is 25.1 Å². The number of fused-ring (bicyclic) bond motifs is 1. The van der Waals surface area contributed by atoms with Crippen LogP contribution in [0.3, 0.4) is 0 Å². The highest BCUT2D eigenvalue weighted by atomic mass is 16.2. The average Bonchev–Trinajstić information content (AvgIpc) is 2.99. The SMILES string of the molecule is CCC(C)Nc1ccc(C(=O)N2CCc3ccccc32)nc1. The molecule has 0 bridgehead atoms. The number of carbonyl (C=O) groups excluding carboxylic acids is 1. The standard InChI is InChI=1S/C18H21N3O/c1-3-13(2)20-15-8-9-16(19-12-15)18(22)21-11-10-14-6-4-5-7-17(14)21/h4-9,12-13,20H,3,10-11H2,1-2H3. The van der Waals surface area contributed by atoms with Crippen LogP contribution in [-0.2, 0) is 6.42 Å². The number of para-hydroxylation sites is 1. The number of anilines is 2. The van der Waals surface area contributed by atoms with Crippen molar-refractivity contribution < 1.29 is 4.79 Å². The van der Waals surface area contributed by atoms with Crippen LogP contribution >= 0.6 is 0 Å². The first-order valence-corrected chi connectivity index (χ1v) is 7.81. The van der Waals surface area contributed by atoms with Crippen molar-refractivity contribution in [2.45, 2.75) is 32.7 Å². The largest absolute Gasteiger partial charge is 0.381 e. The summed E-state index contributed by atoms with van der Waals surface area (Å²) in [6, 6.07) is 12.2. The van der Waals surface area contributed by atoms with Gasteiger partial charge >= 0.3 is 0 Å². The number of aromatic nitrogens is 1. The van der Waals surface area contributed by atoms with Crippen molar-refractivity contribution in [3.05, 3.63) is 53.9 Å². The molecule has 0 aliphatic carbocycles. The molecule has 1 unspecified atom stereocenters. The van der Waals surface area contributed by atoms with Gasteiger partial charge in [0.25, 0.3) is 5.91 Å². The minimum atomic E-state index is -0.0277. The minimum Gasteiger partial charge on any atom is -0.381 e. The highest BCUT2D eigenvalue weighted by molar-refractivity contribution is 6.06.